The largest absolute Gasteiger partial charge is 0.504 e. The fourth-order valence-corrected chi connectivity index (χ4v) is 9.55. The van der Waals surface area contributed by atoms with E-state index in [2.05, 4.69) is 29.8 Å². The molecule has 0 spiro atoms. The number of hydrogen-bond donors (Lipinski definition) is 3. The number of methoxy groups -OCH3 is 1. The van der Waals surface area contributed by atoms with E-state index in [0.717, 1.165) is 68.1 Å². The highest BCUT2D eigenvalue weighted by Crippen LogP contribution is 2.54. The Labute approximate surface area is 297 Å². The van der Waals surface area contributed by atoms with E-state index >= 15 is 0 Å². The van der Waals surface area contributed by atoms with Crippen molar-refractivity contribution in [3.63, 3.8) is 0 Å². The van der Waals surface area contributed by atoms with Gasteiger partial charge in [0.05, 0.1) is 19.4 Å². The third-order valence-electron chi connectivity index (χ3n) is 12.1. The Hall–Kier alpha value is -4.15. The number of anilines is 1. The lowest BCUT2D eigenvalue weighted by Crippen LogP contribution is -2.35. The number of pyridine rings is 1. The summed E-state index contributed by atoms with van der Waals surface area (Å²) in [6, 6.07) is 17.8. The van der Waals surface area contributed by atoms with E-state index in [1.54, 1.807) is 6.07 Å². The number of rotatable bonds is 8. The summed E-state index contributed by atoms with van der Waals surface area (Å²) in [7, 11) is 1.52. The molecule has 2 saturated carbocycles. The van der Waals surface area contributed by atoms with Gasteiger partial charge < -0.3 is 20.7 Å². The maximum atomic E-state index is 14.4. The van der Waals surface area contributed by atoms with Crippen molar-refractivity contribution in [3.8, 4) is 23.3 Å². The number of aromatic hydroxyl groups is 1. The lowest BCUT2D eigenvalue weighted by molar-refractivity contribution is -0.130. The smallest absolute Gasteiger partial charge is 0.160 e. The highest BCUT2D eigenvalue weighted by Gasteiger charge is 2.48. The van der Waals surface area contributed by atoms with Crippen LogP contribution in [0.3, 0.4) is 0 Å². The summed E-state index contributed by atoms with van der Waals surface area (Å²) < 4.78 is 5.47. The molecule has 6 atom stereocenters. The van der Waals surface area contributed by atoms with Crippen LogP contribution in [-0.4, -0.2) is 40.5 Å². The topological polar surface area (TPSA) is 123 Å². The molecule has 0 radical (unpaired) electrons. The lowest BCUT2D eigenvalue weighted by atomic mass is 9.63. The van der Waals surface area contributed by atoms with Gasteiger partial charge in [0.2, 0.25) is 0 Å². The fraction of sp³-hybridized carbons (Fsp3) is 0.512. The van der Waals surface area contributed by atoms with Crippen molar-refractivity contribution in [3.05, 3.63) is 83.0 Å². The molecule has 3 aromatic rings. The summed E-state index contributed by atoms with van der Waals surface area (Å²) in [5.74, 6) is 7.51. The van der Waals surface area contributed by atoms with E-state index in [-0.39, 0.29) is 71.8 Å². The summed E-state index contributed by atoms with van der Waals surface area (Å²) in [5.41, 5.74) is 10.1. The Bertz CT molecular complexity index is 1720. The molecule has 0 saturated heterocycles. The summed E-state index contributed by atoms with van der Waals surface area (Å²) in [4.78, 5) is 32.3. The first-order chi connectivity index (χ1) is 24.3. The molecular weight excluding hydrogens is 624 g/mol. The van der Waals surface area contributed by atoms with Crippen LogP contribution in [-0.2, 0) is 21.4 Å². The van der Waals surface area contributed by atoms with Crippen LogP contribution in [0.15, 0.2) is 60.8 Å². The summed E-state index contributed by atoms with van der Waals surface area (Å²) in [6.45, 7) is 2.23. The molecule has 2 fully saturated rings. The van der Waals surface area contributed by atoms with Gasteiger partial charge in [-0.05, 0) is 115 Å². The number of hydrogen-bond acceptors (Lipinski definition) is 7. The third-order valence-corrected chi connectivity index (χ3v) is 12.1. The molecule has 3 aliphatic rings. The van der Waals surface area contributed by atoms with Crippen molar-refractivity contribution in [2.24, 2.45) is 29.6 Å². The van der Waals surface area contributed by atoms with E-state index in [1.165, 1.54) is 12.7 Å². The second-order valence-corrected chi connectivity index (χ2v) is 15.0. The maximum Gasteiger partial charge on any atom is 0.160 e. The number of fused-ring (bicyclic) bond motifs is 2. The number of ketones is 2. The van der Waals surface area contributed by atoms with Gasteiger partial charge in [0.15, 0.2) is 11.5 Å². The van der Waals surface area contributed by atoms with E-state index < -0.39 is 5.92 Å². The number of nitrogens with zero attached hydrogens (tertiary/aromatic N) is 1. The van der Waals surface area contributed by atoms with Crippen molar-refractivity contribution in [2.75, 3.05) is 19.5 Å². The Kier molecular flexibility index (Phi) is 11.3. The minimum absolute atomic E-state index is 0.0258. The quantitative estimate of drug-likeness (QED) is 0.166. The van der Waals surface area contributed by atoms with Gasteiger partial charge >= 0.3 is 0 Å². The Balaban J connectivity index is 1.53. The molecule has 50 heavy (non-hydrogen) atoms. The van der Waals surface area contributed by atoms with Crippen LogP contribution in [0, 0.1) is 41.4 Å². The fourth-order valence-electron chi connectivity index (χ4n) is 9.55. The molecule has 6 unspecified atom stereocenters. The molecule has 7 nitrogen and oxygen atoms in total. The molecule has 0 aliphatic heterocycles. The Morgan fingerprint density at radius 2 is 1.80 bits per heavy atom. The van der Waals surface area contributed by atoms with Crippen molar-refractivity contribution in [2.45, 2.75) is 95.3 Å². The molecule has 1 heterocycles. The molecule has 0 bridgehead atoms. The molecule has 0 amide bonds. The monoisotopic (exact) mass is 676 g/mol. The summed E-state index contributed by atoms with van der Waals surface area (Å²) in [5, 5.41) is 21.7. The number of carbonyl (C=O) groups excluding carboxylic acids is 2. The number of aliphatic hydroxyl groups excluding tert-OH is 1. The predicted octanol–water partition coefficient (Wildman–Crippen LogP) is 7.56. The van der Waals surface area contributed by atoms with E-state index in [0.29, 0.717) is 24.4 Å². The van der Waals surface area contributed by atoms with Crippen LogP contribution in [0.1, 0.15) is 106 Å². The maximum absolute atomic E-state index is 14.4. The molecule has 2 aromatic carbocycles. The van der Waals surface area contributed by atoms with Crippen molar-refractivity contribution < 1.29 is 24.5 Å². The highest BCUT2D eigenvalue weighted by atomic mass is 16.5. The van der Waals surface area contributed by atoms with Crippen LogP contribution in [0.25, 0.3) is 0 Å². The SMILES string of the molecule is CCCC(CO)C1CC2C(=O)CC(=O)CCc3cc(OC)c(O)cc3C(c3ccccc3)C#CC2CC(C2(c3ccnc(N)c3)CCCC2)C1. The number of Topliss-reactive ketones (excluding diaryl/α,β-unsaturated/α-hetero) is 2. The number of ether oxygens (including phenoxy) is 1. The number of nitrogens with two attached hydrogens (primary N) is 1. The normalized spacial score (nSPS) is 25.9. The van der Waals surface area contributed by atoms with Gasteiger partial charge in [-0.3, -0.25) is 9.59 Å². The van der Waals surface area contributed by atoms with Gasteiger partial charge in [-0.1, -0.05) is 68.4 Å². The second kappa shape index (κ2) is 15.8. The molecular formula is C43H52N2O5. The number of carbonyl (C=O) groups is 2. The van der Waals surface area contributed by atoms with Crippen LogP contribution >= 0.6 is 0 Å². The van der Waals surface area contributed by atoms with Crippen molar-refractivity contribution in [1.82, 2.24) is 4.98 Å². The summed E-state index contributed by atoms with van der Waals surface area (Å²) >= 11 is 0. The standard InChI is InChI=1S/C43H52N2O5/c1-3-9-31(27-46)32-21-34(43(17-7-8-18-43)33-16-19-45-42(44)24-33)20-29-13-15-36(28-10-5-4-6-11-28)37-26-40(49)41(50-2)23-30(37)12-14-35(47)25-39(48)38(29)22-32/h4-6,10-11,16,19,23-24,26,29,31-32,34,36,38,46,49H,3,7-9,12,14,17-18,20-22,25,27H2,1-2H3,(H2,44,45). The van der Waals surface area contributed by atoms with E-state index in [1.807, 2.05) is 48.7 Å². The summed E-state index contributed by atoms with van der Waals surface area (Å²) in [6.07, 6.45) is 10.7. The highest BCUT2D eigenvalue weighted by molar-refractivity contribution is 6.00. The van der Waals surface area contributed by atoms with Crippen LogP contribution in [0.4, 0.5) is 5.82 Å². The van der Waals surface area contributed by atoms with Crippen molar-refractivity contribution >= 4 is 17.4 Å². The number of benzene rings is 2. The van der Waals surface area contributed by atoms with Gasteiger partial charge in [-0.2, -0.15) is 0 Å². The predicted molar refractivity (Wildman–Crippen MR) is 196 cm³/mol. The van der Waals surface area contributed by atoms with Crippen LogP contribution in [0.2, 0.25) is 0 Å². The second-order valence-electron chi connectivity index (χ2n) is 15.0. The molecule has 4 N–H and O–H groups in total. The molecule has 3 aliphatic carbocycles. The average Bonchev–Trinajstić information content (AvgIpc) is 3.54. The first kappa shape index (κ1) is 35.7. The zero-order valence-corrected chi connectivity index (χ0v) is 29.6. The number of aliphatic hydroxyl groups is 1. The number of phenols is 1. The van der Waals surface area contributed by atoms with Gasteiger partial charge in [-0.15, -0.1) is 0 Å². The minimum atomic E-state index is -0.409. The molecule has 264 valence electrons. The average molecular weight is 677 g/mol. The lowest BCUT2D eigenvalue weighted by Gasteiger charge is -2.41. The number of aryl methyl sites for hydroxylation is 1. The van der Waals surface area contributed by atoms with Gasteiger partial charge in [-0.25, -0.2) is 4.98 Å². The molecule has 6 rings (SSSR count). The third kappa shape index (κ3) is 7.47. The zero-order chi connectivity index (χ0) is 35.3. The van der Waals surface area contributed by atoms with E-state index in [9.17, 15) is 19.8 Å². The first-order valence-corrected chi connectivity index (χ1v) is 18.6. The first-order valence-electron chi connectivity index (χ1n) is 18.6. The van der Waals surface area contributed by atoms with Gasteiger partial charge in [0.1, 0.15) is 17.4 Å². The number of phenolic OH excluding ortho intramolecular Hbond substituents is 1. The van der Waals surface area contributed by atoms with Gasteiger partial charge in [0, 0.05) is 31.1 Å². The zero-order valence-electron chi connectivity index (χ0n) is 29.6. The number of aromatic nitrogens is 1. The minimum Gasteiger partial charge on any atom is -0.504 e. The van der Waals surface area contributed by atoms with Crippen molar-refractivity contribution in [1.29, 1.82) is 0 Å². The molecule has 7 heteroatoms. The molecule has 1 aromatic heterocycles. The Morgan fingerprint density at radius 3 is 2.50 bits per heavy atom. The van der Waals surface area contributed by atoms with Crippen LogP contribution in [0.5, 0.6) is 11.5 Å². The van der Waals surface area contributed by atoms with E-state index in [4.69, 9.17) is 10.5 Å². The number of nitrogen functional groups attached to an aromatic ring is 1. The van der Waals surface area contributed by atoms with Crippen LogP contribution < -0.4 is 10.5 Å². The van der Waals surface area contributed by atoms with Gasteiger partial charge in [0.25, 0.3) is 0 Å². The Morgan fingerprint density at radius 1 is 1.02 bits per heavy atom.